The van der Waals surface area contributed by atoms with Gasteiger partial charge in [0.15, 0.2) is 0 Å². The lowest BCUT2D eigenvalue weighted by molar-refractivity contribution is 0.0725. The molecule has 4 aromatic carbocycles. The quantitative estimate of drug-likeness (QED) is 0.156. The summed E-state index contributed by atoms with van der Waals surface area (Å²) >= 11 is 6.73. The first-order valence-electron chi connectivity index (χ1n) is 11.4. The highest BCUT2D eigenvalue weighted by Crippen LogP contribution is 2.37. The Labute approximate surface area is 227 Å². The van der Waals surface area contributed by atoms with Gasteiger partial charge in [-0.05, 0) is 90.3 Å². The van der Waals surface area contributed by atoms with Crippen LogP contribution >= 0.6 is 31.9 Å². The van der Waals surface area contributed by atoms with Gasteiger partial charge in [-0.1, -0.05) is 70.0 Å². The van der Waals surface area contributed by atoms with E-state index in [2.05, 4.69) is 45.7 Å². The van der Waals surface area contributed by atoms with Gasteiger partial charge in [0.05, 0.1) is 11.1 Å². The van der Waals surface area contributed by atoms with Gasteiger partial charge in [-0.3, -0.25) is 0 Å². The predicted octanol–water partition coefficient (Wildman–Crippen LogP) is 8.37. The number of carbonyl (C=O) groups excluding carboxylic acids is 2. The van der Waals surface area contributed by atoms with Crippen molar-refractivity contribution in [3.63, 3.8) is 0 Å². The van der Waals surface area contributed by atoms with Crippen molar-refractivity contribution < 1.29 is 19.1 Å². The molecule has 0 radical (unpaired) electrons. The van der Waals surface area contributed by atoms with Gasteiger partial charge in [-0.15, -0.1) is 0 Å². The standard InChI is InChI=1S/C30H24Br2O4/c1-3-30(2,22-8-16-26(17-9-22)35-28(33)20-4-12-24(31)13-5-20)23-10-18-27(19-11-23)36-29(34)21-6-14-25(32)15-7-21/h4-19H,3H2,1-2H3. The van der Waals surface area contributed by atoms with Crippen molar-refractivity contribution in [3.8, 4) is 11.5 Å². The van der Waals surface area contributed by atoms with Crippen molar-refractivity contribution >= 4 is 43.8 Å². The summed E-state index contributed by atoms with van der Waals surface area (Å²) in [7, 11) is 0. The molecule has 0 amide bonds. The van der Waals surface area contributed by atoms with Gasteiger partial charge in [0.1, 0.15) is 11.5 Å². The number of hydrogen-bond acceptors (Lipinski definition) is 4. The molecule has 0 bridgehead atoms. The van der Waals surface area contributed by atoms with E-state index in [1.165, 1.54) is 0 Å². The zero-order chi connectivity index (χ0) is 25.7. The van der Waals surface area contributed by atoms with Gasteiger partial charge in [-0.25, -0.2) is 9.59 Å². The third kappa shape index (κ3) is 5.94. The maximum Gasteiger partial charge on any atom is 0.343 e. The summed E-state index contributed by atoms with van der Waals surface area (Å²) in [6.07, 6.45) is 0.850. The smallest absolute Gasteiger partial charge is 0.343 e. The SMILES string of the molecule is CCC(C)(c1ccc(OC(=O)c2ccc(Br)cc2)cc1)c1ccc(OC(=O)c2ccc(Br)cc2)cc1. The van der Waals surface area contributed by atoms with E-state index in [4.69, 9.17) is 9.47 Å². The van der Waals surface area contributed by atoms with E-state index in [9.17, 15) is 9.59 Å². The van der Waals surface area contributed by atoms with Crippen LogP contribution < -0.4 is 9.47 Å². The molecule has 182 valence electrons. The van der Waals surface area contributed by atoms with Gasteiger partial charge in [0.25, 0.3) is 0 Å². The third-order valence-electron chi connectivity index (χ3n) is 6.27. The molecule has 0 heterocycles. The van der Waals surface area contributed by atoms with Crippen molar-refractivity contribution in [2.75, 3.05) is 0 Å². The summed E-state index contributed by atoms with van der Waals surface area (Å²) in [5.74, 6) is 0.171. The lowest BCUT2D eigenvalue weighted by Gasteiger charge is -2.30. The molecule has 0 saturated carbocycles. The second-order valence-electron chi connectivity index (χ2n) is 8.53. The maximum atomic E-state index is 12.4. The fourth-order valence-corrected chi connectivity index (χ4v) is 4.39. The van der Waals surface area contributed by atoms with E-state index in [1.54, 1.807) is 48.5 Å². The minimum absolute atomic E-state index is 0.275. The molecular formula is C30H24Br2O4. The summed E-state index contributed by atoms with van der Waals surface area (Å²) in [6.45, 7) is 4.29. The van der Waals surface area contributed by atoms with Crippen LogP contribution in [-0.2, 0) is 5.41 Å². The van der Waals surface area contributed by atoms with Gasteiger partial charge >= 0.3 is 11.9 Å². The zero-order valence-electron chi connectivity index (χ0n) is 19.8. The second-order valence-corrected chi connectivity index (χ2v) is 10.4. The molecule has 0 aromatic heterocycles. The summed E-state index contributed by atoms with van der Waals surface area (Å²) in [5.41, 5.74) is 2.88. The second kappa shape index (κ2) is 11.2. The van der Waals surface area contributed by atoms with Crippen molar-refractivity contribution in [2.45, 2.75) is 25.7 Å². The lowest BCUT2D eigenvalue weighted by atomic mass is 9.74. The van der Waals surface area contributed by atoms with E-state index in [-0.39, 0.29) is 5.41 Å². The summed E-state index contributed by atoms with van der Waals surface area (Å²) in [5, 5.41) is 0. The Hall–Kier alpha value is -3.22. The van der Waals surface area contributed by atoms with Crippen LogP contribution in [0.3, 0.4) is 0 Å². The largest absolute Gasteiger partial charge is 0.423 e. The Morgan fingerprint density at radius 1 is 0.611 bits per heavy atom. The molecule has 0 aliphatic carbocycles. The molecule has 4 aromatic rings. The molecule has 0 N–H and O–H groups in total. The number of carbonyl (C=O) groups is 2. The van der Waals surface area contributed by atoms with E-state index in [0.717, 1.165) is 26.5 Å². The topological polar surface area (TPSA) is 52.6 Å². The molecule has 0 fully saturated rings. The molecule has 0 aliphatic heterocycles. The molecular weight excluding hydrogens is 584 g/mol. The Balaban J connectivity index is 1.46. The molecule has 6 heteroatoms. The fraction of sp³-hybridized carbons (Fsp3) is 0.133. The Kier molecular flexibility index (Phi) is 8.07. The number of ether oxygens (including phenoxy) is 2. The summed E-state index contributed by atoms with van der Waals surface area (Å²) < 4.78 is 12.9. The molecule has 0 unspecified atom stereocenters. The first-order chi connectivity index (χ1) is 17.3. The highest BCUT2D eigenvalue weighted by molar-refractivity contribution is 9.10. The summed E-state index contributed by atoms with van der Waals surface area (Å²) in [4.78, 5) is 24.8. The number of benzene rings is 4. The Morgan fingerprint density at radius 2 is 0.944 bits per heavy atom. The van der Waals surface area contributed by atoms with E-state index in [0.29, 0.717) is 22.6 Å². The van der Waals surface area contributed by atoms with Crippen LogP contribution in [0.1, 0.15) is 52.1 Å². The normalized spacial score (nSPS) is 11.1. The minimum atomic E-state index is -0.401. The van der Waals surface area contributed by atoms with Gasteiger partial charge < -0.3 is 9.47 Å². The fourth-order valence-electron chi connectivity index (χ4n) is 3.86. The summed E-state index contributed by atoms with van der Waals surface area (Å²) in [6, 6.07) is 29.3. The first-order valence-corrected chi connectivity index (χ1v) is 13.0. The number of hydrogen-bond donors (Lipinski definition) is 0. The molecule has 4 nitrogen and oxygen atoms in total. The van der Waals surface area contributed by atoms with Gasteiger partial charge in [0.2, 0.25) is 0 Å². The minimum Gasteiger partial charge on any atom is -0.423 e. The first kappa shape index (κ1) is 25.9. The third-order valence-corrected chi connectivity index (χ3v) is 7.33. The Bertz CT molecular complexity index is 1240. The molecule has 0 atom stereocenters. The van der Waals surface area contributed by atoms with Crippen molar-refractivity contribution in [1.29, 1.82) is 0 Å². The van der Waals surface area contributed by atoms with Crippen LogP contribution in [0.2, 0.25) is 0 Å². The van der Waals surface area contributed by atoms with Gasteiger partial charge in [0, 0.05) is 14.4 Å². The number of halogens is 2. The van der Waals surface area contributed by atoms with Crippen LogP contribution in [0.15, 0.2) is 106 Å². The molecule has 0 spiro atoms. The molecule has 0 aliphatic rings. The Morgan fingerprint density at radius 3 is 1.25 bits per heavy atom. The number of esters is 2. The van der Waals surface area contributed by atoms with Crippen LogP contribution in [0.4, 0.5) is 0 Å². The highest BCUT2D eigenvalue weighted by Gasteiger charge is 2.27. The zero-order valence-corrected chi connectivity index (χ0v) is 23.0. The van der Waals surface area contributed by atoms with E-state index < -0.39 is 11.9 Å². The van der Waals surface area contributed by atoms with Crippen LogP contribution in [-0.4, -0.2) is 11.9 Å². The predicted molar refractivity (Wildman–Crippen MR) is 148 cm³/mol. The van der Waals surface area contributed by atoms with Crippen LogP contribution in [0.25, 0.3) is 0 Å². The molecule has 4 rings (SSSR count). The highest BCUT2D eigenvalue weighted by atomic mass is 79.9. The average molecular weight is 608 g/mol. The number of rotatable bonds is 7. The lowest BCUT2D eigenvalue weighted by Crippen LogP contribution is -2.22. The van der Waals surface area contributed by atoms with E-state index in [1.807, 2.05) is 48.5 Å². The molecule has 36 heavy (non-hydrogen) atoms. The van der Waals surface area contributed by atoms with Crippen LogP contribution in [0.5, 0.6) is 11.5 Å². The average Bonchev–Trinajstić information content (AvgIpc) is 2.90. The van der Waals surface area contributed by atoms with Crippen molar-refractivity contribution in [3.05, 3.63) is 128 Å². The van der Waals surface area contributed by atoms with Crippen molar-refractivity contribution in [1.82, 2.24) is 0 Å². The maximum absolute atomic E-state index is 12.4. The van der Waals surface area contributed by atoms with Crippen LogP contribution in [0, 0.1) is 0 Å². The van der Waals surface area contributed by atoms with Gasteiger partial charge in [-0.2, -0.15) is 0 Å². The van der Waals surface area contributed by atoms with E-state index >= 15 is 0 Å². The molecule has 0 saturated heterocycles. The monoisotopic (exact) mass is 606 g/mol. The van der Waals surface area contributed by atoms with Crippen molar-refractivity contribution in [2.24, 2.45) is 0 Å².